The molecule has 0 saturated carbocycles. The summed E-state index contributed by atoms with van der Waals surface area (Å²) < 4.78 is 1.63. The van der Waals surface area contributed by atoms with E-state index in [9.17, 15) is 9.90 Å². The van der Waals surface area contributed by atoms with Gasteiger partial charge in [-0.2, -0.15) is 5.10 Å². The summed E-state index contributed by atoms with van der Waals surface area (Å²) in [6.07, 6.45) is 5.43. The predicted molar refractivity (Wildman–Crippen MR) is 81.0 cm³/mol. The van der Waals surface area contributed by atoms with Crippen LogP contribution in [-0.4, -0.2) is 57.5 Å². The van der Waals surface area contributed by atoms with Gasteiger partial charge in [0, 0.05) is 26.3 Å². The van der Waals surface area contributed by atoms with Crippen LogP contribution in [0.5, 0.6) is 0 Å². The van der Waals surface area contributed by atoms with Gasteiger partial charge in [-0.3, -0.25) is 9.48 Å². The molecule has 6 heteroatoms. The van der Waals surface area contributed by atoms with Crippen molar-refractivity contribution in [2.75, 3.05) is 26.2 Å². The second-order valence-corrected chi connectivity index (χ2v) is 6.64. The molecule has 0 unspecified atom stereocenters. The van der Waals surface area contributed by atoms with Crippen molar-refractivity contribution in [2.45, 2.75) is 32.3 Å². The third kappa shape index (κ3) is 5.13. The highest BCUT2D eigenvalue weighted by atomic mass is 16.3. The number of aryl methyl sites for hydroxylation is 1. The molecule has 0 spiro atoms. The van der Waals surface area contributed by atoms with Crippen LogP contribution in [0.1, 0.15) is 37.0 Å². The molecule has 0 aliphatic carbocycles. The lowest BCUT2D eigenvalue weighted by Crippen LogP contribution is -2.44. The van der Waals surface area contributed by atoms with Crippen molar-refractivity contribution in [2.24, 2.45) is 13.0 Å². The number of hydrogen-bond acceptors (Lipinski definition) is 4. The molecule has 118 valence electrons. The van der Waals surface area contributed by atoms with Crippen LogP contribution in [0.15, 0.2) is 12.4 Å². The zero-order valence-corrected chi connectivity index (χ0v) is 13.2. The molecule has 21 heavy (non-hydrogen) atoms. The molecule has 0 aromatic carbocycles. The first kappa shape index (κ1) is 16.0. The van der Waals surface area contributed by atoms with Crippen LogP contribution in [0.2, 0.25) is 0 Å². The summed E-state index contributed by atoms with van der Waals surface area (Å²) in [6.45, 7) is 7.07. The summed E-state index contributed by atoms with van der Waals surface area (Å²) in [5.74, 6) is 0.464. The smallest absolute Gasteiger partial charge is 0.254 e. The van der Waals surface area contributed by atoms with Crippen LogP contribution in [-0.2, 0) is 7.05 Å². The topological polar surface area (TPSA) is 70.4 Å². The zero-order chi connectivity index (χ0) is 15.5. The number of likely N-dealkylation sites (tertiary alicyclic amines) is 1. The van der Waals surface area contributed by atoms with Gasteiger partial charge in [0.2, 0.25) is 0 Å². The molecule has 0 bridgehead atoms. The van der Waals surface area contributed by atoms with Gasteiger partial charge >= 0.3 is 0 Å². The van der Waals surface area contributed by atoms with E-state index >= 15 is 0 Å². The molecule has 1 fully saturated rings. The summed E-state index contributed by atoms with van der Waals surface area (Å²) in [7, 11) is 1.80. The second kappa shape index (κ2) is 6.58. The number of hydrogen-bond donors (Lipinski definition) is 2. The van der Waals surface area contributed by atoms with E-state index in [1.54, 1.807) is 24.1 Å². The van der Waals surface area contributed by atoms with Crippen LogP contribution >= 0.6 is 0 Å². The molecular weight excluding hydrogens is 268 g/mol. The Kier molecular flexibility index (Phi) is 5.00. The van der Waals surface area contributed by atoms with E-state index < -0.39 is 5.60 Å². The minimum absolute atomic E-state index is 0.0537. The predicted octanol–water partition coefficient (Wildman–Crippen LogP) is 0.633. The van der Waals surface area contributed by atoms with Crippen molar-refractivity contribution in [1.29, 1.82) is 0 Å². The summed E-state index contributed by atoms with van der Waals surface area (Å²) in [5.41, 5.74) is -0.0292. The number of nitrogens with zero attached hydrogens (tertiary/aromatic N) is 3. The highest BCUT2D eigenvalue weighted by molar-refractivity contribution is 5.93. The molecule has 1 saturated heterocycles. The SMILES string of the molecule is Cn1cc(C(=O)NCC2CCN(CC(C)(C)O)CC2)cn1. The van der Waals surface area contributed by atoms with Crippen LogP contribution in [0, 0.1) is 5.92 Å². The van der Waals surface area contributed by atoms with E-state index in [2.05, 4.69) is 15.3 Å². The fraction of sp³-hybridized carbons (Fsp3) is 0.733. The number of nitrogens with one attached hydrogen (secondary N) is 1. The molecule has 1 aliphatic rings. The lowest BCUT2D eigenvalue weighted by atomic mass is 9.95. The van der Waals surface area contributed by atoms with Gasteiger partial charge in [-0.1, -0.05) is 0 Å². The minimum Gasteiger partial charge on any atom is -0.389 e. The number of β-amino-alcohol motifs (C(OH)–C–C–N with tert-alkyl or cyclic N) is 1. The van der Waals surface area contributed by atoms with E-state index in [0.29, 0.717) is 24.6 Å². The number of piperidine rings is 1. The monoisotopic (exact) mass is 294 g/mol. The quantitative estimate of drug-likeness (QED) is 0.836. The number of aromatic nitrogens is 2. The molecule has 0 atom stereocenters. The maximum Gasteiger partial charge on any atom is 0.254 e. The Morgan fingerprint density at radius 1 is 1.48 bits per heavy atom. The van der Waals surface area contributed by atoms with Gasteiger partial charge in [-0.25, -0.2) is 0 Å². The number of carbonyl (C=O) groups excluding carboxylic acids is 1. The van der Waals surface area contributed by atoms with E-state index in [0.717, 1.165) is 25.9 Å². The maximum absolute atomic E-state index is 11.9. The standard InChI is InChI=1S/C15H26N4O2/c1-15(2,21)11-19-6-4-12(5-7-19)8-16-14(20)13-9-17-18(3)10-13/h9-10,12,21H,4-8,11H2,1-3H3,(H,16,20). The Bertz CT molecular complexity index is 470. The maximum atomic E-state index is 11.9. The number of rotatable bonds is 5. The molecule has 2 rings (SSSR count). The van der Waals surface area contributed by atoms with Crippen LogP contribution in [0.25, 0.3) is 0 Å². The van der Waals surface area contributed by atoms with Crippen molar-refractivity contribution in [3.8, 4) is 0 Å². The van der Waals surface area contributed by atoms with Gasteiger partial charge in [-0.05, 0) is 45.7 Å². The first-order chi connectivity index (χ1) is 9.83. The molecule has 1 aliphatic heterocycles. The third-order valence-electron chi connectivity index (χ3n) is 3.84. The second-order valence-electron chi connectivity index (χ2n) is 6.64. The summed E-state index contributed by atoms with van der Waals surface area (Å²) >= 11 is 0. The van der Waals surface area contributed by atoms with Gasteiger partial charge in [0.05, 0.1) is 17.4 Å². The molecule has 2 heterocycles. The van der Waals surface area contributed by atoms with Crippen molar-refractivity contribution < 1.29 is 9.90 Å². The van der Waals surface area contributed by atoms with Crippen molar-refractivity contribution in [3.05, 3.63) is 18.0 Å². The van der Waals surface area contributed by atoms with E-state index in [4.69, 9.17) is 0 Å². The molecular formula is C15H26N4O2. The largest absolute Gasteiger partial charge is 0.389 e. The van der Waals surface area contributed by atoms with Crippen molar-refractivity contribution in [3.63, 3.8) is 0 Å². The molecule has 6 nitrogen and oxygen atoms in total. The average Bonchev–Trinajstić information content (AvgIpc) is 2.82. The van der Waals surface area contributed by atoms with Gasteiger partial charge in [0.25, 0.3) is 5.91 Å². The van der Waals surface area contributed by atoms with Crippen LogP contribution < -0.4 is 5.32 Å². The highest BCUT2D eigenvalue weighted by Crippen LogP contribution is 2.18. The molecule has 1 amide bonds. The average molecular weight is 294 g/mol. The fourth-order valence-corrected chi connectivity index (χ4v) is 2.77. The minimum atomic E-state index is -0.638. The third-order valence-corrected chi connectivity index (χ3v) is 3.84. The van der Waals surface area contributed by atoms with Crippen LogP contribution in [0.3, 0.4) is 0 Å². The summed E-state index contributed by atoms with van der Waals surface area (Å²) in [5, 5.41) is 16.8. The molecule has 0 radical (unpaired) electrons. The van der Waals surface area contributed by atoms with Crippen LogP contribution in [0.4, 0.5) is 0 Å². The van der Waals surface area contributed by atoms with Gasteiger partial charge in [0.15, 0.2) is 0 Å². The highest BCUT2D eigenvalue weighted by Gasteiger charge is 2.24. The normalized spacial score (nSPS) is 17.9. The Hall–Kier alpha value is -1.40. The van der Waals surface area contributed by atoms with E-state index in [1.165, 1.54) is 0 Å². The first-order valence-electron chi connectivity index (χ1n) is 7.55. The number of aliphatic hydroxyl groups is 1. The Morgan fingerprint density at radius 3 is 2.67 bits per heavy atom. The van der Waals surface area contributed by atoms with Crippen molar-refractivity contribution >= 4 is 5.91 Å². The van der Waals surface area contributed by atoms with E-state index in [-0.39, 0.29) is 5.91 Å². The first-order valence-corrected chi connectivity index (χ1v) is 7.55. The Morgan fingerprint density at radius 2 is 2.14 bits per heavy atom. The van der Waals surface area contributed by atoms with E-state index in [1.807, 2.05) is 13.8 Å². The number of amides is 1. The molecule has 1 aromatic heterocycles. The summed E-state index contributed by atoms with van der Waals surface area (Å²) in [6, 6.07) is 0. The summed E-state index contributed by atoms with van der Waals surface area (Å²) in [4.78, 5) is 14.2. The Labute approximate surface area is 126 Å². The van der Waals surface area contributed by atoms with Crippen molar-refractivity contribution in [1.82, 2.24) is 20.0 Å². The number of carbonyl (C=O) groups is 1. The van der Waals surface area contributed by atoms with Gasteiger partial charge in [0.1, 0.15) is 0 Å². The lowest BCUT2D eigenvalue weighted by molar-refractivity contribution is 0.0245. The Balaban J connectivity index is 1.70. The molecule has 1 aromatic rings. The lowest BCUT2D eigenvalue weighted by Gasteiger charge is -2.35. The fourth-order valence-electron chi connectivity index (χ4n) is 2.77. The zero-order valence-electron chi connectivity index (χ0n) is 13.2. The molecule has 2 N–H and O–H groups in total. The van der Waals surface area contributed by atoms with Gasteiger partial charge < -0.3 is 15.3 Å². The van der Waals surface area contributed by atoms with Gasteiger partial charge in [-0.15, -0.1) is 0 Å².